The molecule has 0 atom stereocenters. The van der Waals surface area contributed by atoms with E-state index in [9.17, 15) is 9.18 Å². The van der Waals surface area contributed by atoms with Crippen LogP contribution in [-0.2, 0) is 13.0 Å². The summed E-state index contributed by atoms with van der Waals surface area (Å²) in [5.41, 5.74) is 2.08. The highest BCUT2D eigenvalue weighted by Gasteiger charge is 2.12. The topological polar surface area (TPSA) is 65.4 Å². The van der Waals surface area contributed by atoms with E-state index in [1.54, 1.807) is 30.0 Å². The third-order valence-electron chi connectivity index (χ3n) is 4.37. The largest absolute Gasteiger partial charge is 0.497 e. The Morgan fingerprint density at radius 1 is 1.14 bits per heavy atom. The number of hydrogen-bond donors (Lipinski definition) is 1. The molecule has 0 amide bonds. The second kappa shape index (κ2) is 8.56. The zero-order valence-corrected chi connectivity index (χ0v) is 16.0. The minimum atomic E-state index is -0.485. The predicted molar refractivity (Wildman–Crippen MR) is 106 cm³/mol. The van der Waals surface area contributed by atoms with Crippen LogP contribution < -0.4 is 20.3 Å². The van der Waals surface area contributed by atoms with Crippen molar-refractivity contribution in [2.45, 2.75) is 19.9 Å². The van der Waals surface area contributed by atoms with Crippen LogP contribution in [-0.4, -0.2) is 23.8 Å². The van der Waals surface area contributed by atoms with Crippen LogP contribution in [0.15, 0.2) is 53.5 Å². The van der Waals surface area contributed by atoms with E-state index in [-0.39, 0.29) is 11.6 Å². The molecule has 1 N–H and O–H groups in total. The van der Waals surface area contributed by atoms with E-state index in [0.717, 1.165) is 23.2 Å². The van der Waals surface area contributed by atoms with Crippen molar-refractivity contribution >= 4 is 11.6 Å². The van der Waals surface area contributed by atoms with Crippen molar-refractivity contribution in [3.63, 3.8) is 0 Å². The van der Waals surface area contributed by atoms with Crippen molar-refractivity contribution in [1.29, 1.82) is 0 Å². The molecule has 0 aliphatic rings. The molecule has 0 aliphatic heterocycles. The summed E-state index contributed by atoms with van der Waals surface area (Å²) in [6.07, 6.45) is 2.35. The number of aryl methyl sites for hydroxylation is 1. The van der Waals surface area contributed by atoms with Crippen LogP contribution >= 0.6 is 0 Å². The molecule has 0 radical (unpaired) electrons. The number of benzene rings is 2. The monoisotopic (exact) mass is 383 g/mol. The van der Waals surface area contributed by atoms with Crippen LogP contribution in [0.2, 0.25) is 0 Å². The zero-order chi connectivity index (χ0) is 20.1. The third-order valence-corrected chi connectivity index (χ3v) is 4.37. The first kappa shape index (κ1) is 19.4. The molecular formula is C21H22FN3O3. The minimum absolute atomic E-state index is 0.114. The number of ether oxygens (including phenoxy) is 2. The molecule has 3 aromatic rings. The molecule has 0 saturated heterocycles. The third kappa shape index (κ3) is 4.31. The lowest BCUT2D eigenvalue weighted by molar-refractivity contribution is 0.402. The number of nitrogens with zero attached hydrogens (tertiary/aromatic N) is 2. The first-order valence-electron chi connectivity index (χ1n) is 8.88. The van der Waals surface area contributed by atoms with Gasteiger partial charge in [-0.1, -0.05) is 25.1 Å². The van der Waals surface area contributed by atoms with E-state index in [0.29, 0.717) is 18.2 Å². The molecule has 6 nitrogen and oxygen atoms in total. The molecular weight excluding hydrogens is 361 g/mol. The maximum absolute atomic E-state index is 13.6. The quantitative estimate of drug-likeness (QED) is 0.673. The van der Waals surface area contributed by atoms with Crippen LogP contribution in [0.5, 0.6) is 11.5 Å². The molecule has 3 rings (SSSR count). The van der Waals surface area contributed by atoms with E-state index >= 15 is 0 Å². The number of anilines is 2. The first-order chi connectivity index (χ1) is 13.5. The van der Waals surface area contributed by atoms with Gasteiger partial charge in [-0.05, 0) is 35.7 Å². The number of nitrogens with one attached hydrogen (secondary N) is 1. The molecule has 146 valence electrons. The van der Waals surface area contributed by atoms with Crippen LogP contribution in [0.4, 0.5) is 16.0 Å². The van der Waals surface area contributed by atoms with Gasteiger partial charge in [-0.15, -0.1) is 0 Å². The van der Waals surface area contributed by atoms with Crippen LogP contribution in [0, 0.1) is 5.82 Å². The van der Waals surface area contributed by atoms with E-state index < -0.39 is 5.56 Å². The molecule has 7 heteroatoms. The SMILES string of the molecule is CCc1ccc(OC)cc1Nc1nc(=O)c(OC)cn1Cc1cccc(F)c1. The van der Waals surface area contributed by atoms with Gasteiger partial charge < -0.3 is 19.4 Å². The van der Waals surface area contributed by atoms with E-state index in [1.807, 2.05) is 25.1 Å². The number of rotatable bonds is 7. The van der Waals surface area contributed by atoms with Crippen LogP contribution in [0.1, 0.15) is 18.1 Å². The average molecular weight is 383 g/mol. The second-order valence-electron chi connectivity index (χ2n) is 6.20. The molecule has 0 saturated carbocycles. The van der Waals surface area contributed by atoms with Gasteiger partial charge in [0, 0.05) is 11.8 Å². The molecule has 2 aromatic carbocycles. The average Bonchev–Trinajstić information content (AvgIpc) is 2.69. The highest BCUT2D eigenvalue weighted by molar-refractivity contribution is 5.61. The first-order valence-corrected chi connectivity index (χ1v) is 8.88. The number of methoxy groups -OCH3 is 2. The summed E-state index contributed by atoms with van der Waals surface area (Å²) in [4.78, 5) is 16.3. The minimum Gasteiger partial charge on any atom is -0.497 e. The van der Waals surface area contributed by atoms with Crippen LogP contribution in [0.3, 0.4) is 0 Å². The standard InChI is InChI=1S/C21H22FN3O3/c1-4-15-8-9-17(27-2)11-18(15)23-21-24-20(26)19(28-3)13-25(21)12-14-6-5-7-16(22)10-14/h5-11,13H,4,12H2,1-3H3,(H,23,24,26). The maximum atomic E-state index is 13.6. The Balaban J connectivity index is 2.05. The van der Waals surface area contributed by atoms with Crippen molar-refractivity contribution in [2.24, 2.45) is 0 Å². The van der Waals surface area contributed by atoms with Gasteiger partial charge in [0.25, 0.3) is 0 Å². The Labute approximate surface area is 162 Å². The Morgan fingerprint density at radius 2 is 1.96 bits per heavy atom. The Kier molecular flexibility index (Phi) is 5.93. The molecule has 0 fully saturated rings. The van der Waals surface area contributed by atoms with E-state index in [2.05, 4.69) is 10.3 Å². The van der Waals surface area contributed by atoms with Crippen molar-refractivity contribution in [3.05, 3.63) is 76.0 Å². The Hall–Kier alpha value is -3.35. The summed E-state index contributed by atoms with van der Waals surface area (Å²) in [7, 11) is 3.01. The molecule has 0 spiro atoms. The highest BCUT2D eigenvalue weighted by Crippen LogP contribution is 2.26. The fraction of sp³-hybridized carbons (Fsp3) is 0.238. The molecule has 0 unspecified atom stereocenters. The Morgan fingerprint density at radius 3 is 2.64 bits per heavy atom. The number of hydrogen-bond acceptors (Lipinski definition) is 5. The lowest BCUT2D eigenvalue weighted by Crippen LogP contribution is -2.19. The summed E-state index contributed by atoms with van der Waals surface area (Å²) in [5, 5.41) is 3.22. The highest BCUT2D eigenvalue weighted by atomic mass is 19.1. The molecule has 28 heavy (non-hydrogen) atoms. The zero-order valence-electron chi connectivity index (χ0n) is 16.0. The smallest absolute Gasteiger partial charge is 0.316 e. The summed E-state index contributed by atoms with van der Waals surface area (Å²) in [6.45, 7) is 2.35. The van der Waals surface area contributed by atoms with Gasteiger partial charge in [0.15, 0.2) is 0 Å². The van der Waals surface area contributed by atoms with Crippen molar-refractivity contribution < 1.29 is 13.9 Å². The molecule has 0 aliphatic carbocycles. The van der Waals surface area contributed by atoms with Crippen LogP contribution in [0.25, 0.3) is 0 Å². The van der Waals surface area contributed by atoms with Crippen molar-refractivity contribution in [2.75, 3.05) is 19.5 Å². The number of aromatic nitrogens is 2. The normalized spacial score (nSPS) is 10.6. The number of halogens is 1. The maximum Gasteiger partial charge on any atom is 0.316 e. The van der Waals surface area contributed by atoms with E-state index in [4.69, 9.17) is 9.47 Å². The summed E-state index contributed by atoms with van der Waals surface area (Å²) >= 11 is 0. The van der Waals surface area contributed by atoms with Gasteiger partial charge in [0.2, 0.25) is 11.7 Å². The van der Waals surface area contributed by atoms with Gasteiger partial charge in [-0.25, -0.2) is 4.39 Å². The van der Waals surface area contributed by atoms with Gasteiger partial charge in [0.05, 0.1) is 27.0 Å². The molecule has 1 aromatic heterocycles. The van der Waals surface area contributed by atoms with Gasteiger partial charge >= 0.3 is 5.56 Å². The van der Waals surface area contributed by atoms with Gasteiger partial charge in [0.1, 0.15) is 11.6 Å². The van der Waals surface area contributed by atoms with Crippen molar-refractivity contribution in [1.82, 2.24) is 9.55 Å². The Bertz CT molecular complexity index is 1030. The fourth-order valence-electron chi connectivity index (χ4n) is 2.89. The van der Waals surface area contributed by atoms with Crippen molar-refractivity contribution in [3.8, 4) is 11.5 Å². The molecule has 0 bridgehead atoms. The van der Waals surface area contributed by atoms with E-state index in [1.165, 1.54) is 19.2 Å². The summed E-state index contributed by atoms with van der Waals surface area (Å²) in [5.74, 6) is 0.808. The van der Waals surface area contributed by atoms with Gasteiger partial charge in [-0.3, -0.25) is 4.79 Å². The lowest BCUT2D eigenvalue weighted by atomic mass is 10.1. The predicted octanol–water partition coefficient (Wildman–Crippen LogP) is 3.75. The molecule has 1 heterocycles. The van der Waals surface area contributed by atoms with Gasteiger partial charge in [-0.2, -0.15) is 4.98 Å². The summed E-state index contributed by atoms with van der Waals surface area (Å²) in [6, 6.07) is 12.0. The second-order valence-corrected chi connectivity index (χ2v) is 6.20. The fourth-order valence-corrected chi connectivity index (χ4v) is 2.89. The lowest BCUT2D eigenvalue weighted by Gasteiger charge is -2.17. The summed E-state index contributed by atoms with van der Waals surface area (Å²) < 4.78 is 25.7.